The van der Waals surface area contributed by atoms with Crippen LogP contribution in [0.25, 0.3) is 11.0 Å². The van der Waals surface area contributed by atoms with Gasteiger partial charge in [-0.05, 0) is 37.0 Å². The Kier molecular flexibility index (Phi) is 6.26. The summed E-state index contributed by atoms with van der Waals surface area (Å²) in [4.78, 5) is 54.1. The fourth-order valence-electron chi connectivity index (χ4n) is 3.52. The number of nitrogens with one attached hydrogen (secondary N) is 2. The Morgan fingerprint density at radius 3 is 2.55 bits per heavy atom. The van der Waals surface area contributed by atoms with Crippen LogP contribution in [-0.2, 0) is 4.79 Å². The van der Waals surface area contributed by atoms with Crippen molar-refractivity contribution in [1.29, 1.82) is 0 Å². The largest absolute Gasteiger partial charge is 0.346 e. The summed E-state index contributed by atoms with van der Waals surface area (Å²) in [6.45, 7) is 0.142. The van der Waals surface area contributed by atoms with Crippen LogP contribution in [0.15, 0.2) is 36.7 Å². The molecule has 10 heteroatoms. The van der Waals surface area contributed by atoms with Crippen molar-refractivity contribution >= 4 is 40.5 Å². The highest BCUT2D eigenvalue weighted by molar-refractivity contribution is 7.98. The minimum absolute atomic E-state index is 0.0685. The number of imidazole rings is 1. The third-order valence-electron chi connectivity index (χ3n) is 5.06. The number of amides is 3. The van der Waals surface area contributed by atoms with Gasteiger partial charge in [0.05, 0.1) is 17.1 Å². The van der Waals surface area contributed by atoms with E-state index in [4.69, 9.17) is 0 Å². The number of benzene rings is 1. The number of carbonyl (C=O) groups is 3. The monoisotopic (exact) mass is 438 g/mol. The summed E-state index contributed by atoms with van der Waals surface area (Å²) in [5.74, 6) is 0.514. The molecule has 0 unspecified atom stereocenters. The molecule has 0 spiro atoms. The fraction of sp³-hybridized carbons (Fsp3) is 0.333. The van der Waals surface area contributed by atoms with Gasteiger partial charge >= 0.3 is 0 Å². The lowest BCUT2D eigenvalue weighted by molar-refractivity contribution is -0.122. The zero-order valence-corrected chi connectivity index (χ0v) is 17.8. The van der Waals surface area contributed by atoms with Gasteiger partial charge in [0.15, 0.2) is 11.4 Å². The highest BCUT2D eigenvalue weighted by atomic mass is 32.2. The minimum Gasteiger partial charge on any atom is -0.346 e. The van der Waals surface area contributed by atoms with E-state index in [1.165, 1.54) is 12.4 Å². The van der Waals surface area contributed by atoms with Gasteiger partial charge in [-0.15, -0.1) is 0 Å². The Morgan fingerprint density at radius 2 is 1.87 bits per heavy atom. The zero-order valence-electron chi connectivity index (χ0n) is 17.0. The van der Waals surface area contributed by atoms with Crippen LogP contribution in [0.5, 0.6) is 0 Å². The van der Waals surface area contributed by atoms with Crippen molar-refractivity contribution < 1.29 is 14.4 Å². The third-order valence-corrected chi connectivity index (χ3v) is 5.71. The van der Waals surface area contributed by atoms with Crippen LogP contribution in [0.2, 0.25) is 0 Å². The molecule has 2 N–H and O–H groups in total. The predicted octanol–water partition coefficient (Wildman–Crippen LogP) is 2.34. The van der Waals surface area contributed by atoms with Crippen LogP contribution in [0, 0.1) is 0 Å². The lowest BCUT2D eigenvalue weighted by atomic mass is 10.2. The van der Waals surface area contributed by atoms with E-state index in [2.05, 4.69) is 25.3 Å². The molecule has 0 fully saturated rings. The van der Waals surface area contributed by atoms with Gasteiger partial charge in [-0.2, -0.15) is 11.8 Å². The van der Waals surface area contributed by atoms with Crippen molar-refractivity contribution in [2.75, 3.05) is 18.6 Å². The van der Waals surface area contributed by atoms with E-state index in [0.29, 0.717) is 6.42 Å². The molecular formula is C21H22N6O3S. The van der Waals surface area contributed by atoms with Gasteiger partial charge in [0.25, 0.3) is 11.8 Å². The zero-order chi connectivity index (χ0) is 21.8. The third kappa shape index (κ3) is 4.43. The van der Waals surface area contributed by atoms with Gasteiger partial charge < -0.3 is 10.3 Å². The van der Waals surface area contributed by atoms with Gasteiger partial charge in [0, 0.05) is 25.4 Å². The molecule has 2 aromatic heterocycles. The van der Waals surface area contributed by atoms with Crippen LogP contribution in [-0.4, -0.2) is 61.1 Å². The van der Waals surface area contributed by atoms with Crippen molar-refractivity contribution in [2.45, 2.75) is 25.3 Å². The Balaban J connectivity index is 1.35. The standard InChI is InChI=1S/C21H22N6O3S/c1-31-12-8-15(19-25-13-5-2-3-6-14(13)26-19)24-16(28)7-4-11-27-20(29)17-18(21(27)30)23-10-9-22-17/h2-3,5-6,9-10,15H,4,7-8,11-12H2,1H3,(H,24,28)(H,25,26)/t15-/m1/s1. The first-order valence-electron chi connectivity index (χ1n) is 9.98. The Morgan fingerprint density at radius 1 is 1.16 bits per heavy atom. The van der Waals surface area contributed by atoms with E-state index in [1.807, 2.05) is 30.5 Å². The highest BCUT2D eigenvalue weighted by Crippen LogP contribution is 2.21. The lowest BCUT2D eigenvalue weighted by Crippen LogP contribution is -2.33. The Bertz CT molecular complexity index is 1060. The molecule has 3 amide bonds. The molecule has 4 rings (SSSR count). The summed E-state index contributed by atoms with van der Waals surface area (Å²) in [6, 6.07) is 7.50. The van der Waals surface area contributed by atoms with Crippen LogP contribution in [0.4, 0.5) is 0 Å². The molecular weight excluding hydrogens is 416 g/mol. The van der Waals surface area contributed by atoms with Crippen LogP contribution < -0.4 is 5.32 Å². The number of aromatic amines is 1. The first kappa shape index (κ1) is 21.0. The van der Waals surface area contributed by atoms with E-state index in [0.717, 1.165) is 33.9 Å². The molecule has 1 aliphatic heterocycles. The predicted molar refractivity (Wildman–Crippen MR) is 117 cm³/mol. The molecule has 160 valence electrons. The number of para-hydroxylation sites is 2. The van der Waals surface area contributed by atoms with Crippen LogP contribution in [0.1, 0.15) is 52.1 Å². The molecule has 1 atom stereocenters. The first-order valence-corrected chi connectivity index (χ1v) is 11.4. The maximum atomic E-state index is 12.6. The Labute approximate surface area is 183 Å². The summed E-state index contributed by atoms with van der Waals surface area (Å²) in [7, 11) is 0. The summed E-state index contributed by atoms with van der Waals surface area (Å²) in [5, 5.41) is 3.03. The maximum absolute atomic E-state index is 12.6. The fourth-order valence-corrected chi connectivity index (χ4v) is 3.99. The maximum Gasteiger partial charge on any atom is 0.281 e. The van der Waals surface area contributed by atoms with E-state index in [1.54, 1.807) is 11.8 Å². The number of hydrogen-bond acceptors (Lipinski definition) is 7. The molecule has 31 heavy (non-hydrogen) atoms. The second-order valence-electron chi connectivity index (χ2n) is 7.16. The van der Waals surface area contributed by atoms with Gasteiger partial charge in [0.2, 0.25) is 5.91 Å². The van der Waals surface area contributed by atoms with Gasteiger partial charge in [0.1, 0.15) is 5.82 Å². The number of hydrogen-bond donors (Lipinski definition) is 2. The molecule has 0 bridgehead atoms. The molecule has 9 nitrogen and oxygen atoms in total. The van der Waals surface area contributed by atoms with Crippen molar-refractivity contribution in [3.8, 4) is 0 Å². The number of fused-ring (bicyclic) bond motifs is 2. The number of aromatic nitrogens is 4. The normalized spacial score (nSPS) is 14.2. The molecule has 3 aromatic rings. The first-order chi connectivity index (χ1) is 15.1. The highest BCUT2D eigenvalue weighted by Gasteiger charge is 2.37. The molecule has 3 heterocycles. The van der Waals surface area contributed by atoms with Crippen molar-refractivity contribution in [2.24, 2.45) is 0 Å². The molecule has 1 aromatic carbocycles. The average Bonchev–Trinajstić information content (AvgIpc) is 3.32. The van der Waals surface area contributed by atoms with E-state index < -0.39 is 11.8 Å². The number of imide groups is 1. The van der Waals surface area contributed by atoms with Crippen molar-refractivity contribution in [3.05, 3.63) is 53.9 Å². The molecule has 0 saturated heterocycles. The summed E-state index contributed by atoms with van der Waals surface area (Å²) in [6.07, 6.45) is 6.06. The second kappa shape index (κ2) is 9.25. The molecule has 0 radical (unpaired) electrons. The van der Waals surface area contributed by atoms with Crippen molar-refractivity contribution in [3.63, 3.8) is 0 Å². The quantitative estimate of drug-likeness (QED) is 0.492. The number of rotatable bonds is 9. The molecule has 0 saturated carbocycles. The number of nitrogens with zero attached hydrogens (tertiary/aromatic N) is 4. The number of carbonyl (C=O) groups excluding carboxylic acids is 3. The summed E-state index contributed by atoms with van der Waals surface area (Å²) in [5.41, 5.74) is 1.92. The topological polar surface area (TPSA) is 121 Å². The van der Waals surface area contributed by atoms with Gasteiger partial charge in [-0.3, -0.25) is 19.3 Å². The van der Waals surface area contributed by atoms with E-state index >= 15 is 0 Å². The lowest BCUT2D eigenvalue weighted by Gasteiger charge is -2.17. The summed E-state index contributed by atoms with van der Waals surface area (Å²) >= 11 is 1.70. The SMILES string of the molecule is CSCC[C@@H](NC(=O)CCCN1C(=O)c2nccnc2C1=O)c1nc2ccccc2[nH]1. The average molecular weight is 439 g/mol. The van der Waals surface area contributed by atoms with Gasteiger partial charge in [-0.25, -0.2) is 15.0 Å². The minimum atomic E-state index is -0.464. The molecule has 1 aliphatic rings. The van der Waals surface area contributed by atoms with E-state index in [9.17, 15) is 14.4 Å². The van der Waals surface area contributed by atoms with Crippen molar-refractivity contribution in [1.82, 2.24) is 30.2 Å². The van der Waals surface area contributed by atoms with Crippen LogP contribution in [0.3, 0.4) is 0 Å². The number of H-pyrrole nitrogens is 1. The Hall–Kier alpha value is -3.27. The summed E-state index contributed by atoms with van der Waals surface area (Å²) < 4.78 is 0. The number of thioether (sulfide) groups is 1. The molecule has 0 aliphatic carbocycles. The smallest absolute Gasteiger partial charge is 0.281 e. The second-order valence-corrected chi connectivity index (χ2v) is 8.15. The van der Waals surface area contributed by atoms with Gasteiger partial charge in [-0.1, -0.05) is 12.1 Å². The van der Waals surface area contributed by atoms with Crippen LogP contribution >= 0.6 is 11.8 Å². The van der Waals surface area contributed by atoms with E-state index in [-0.39, 0.29) is 36.3 Å².